The van der Waals surface area contributed by atoms with Gasteiger partial charge in [0, 0.05) is 12.8 Å². The minimum atomic E-state index is -0.908. The van der Waals surface area contributed by atoms with Gasteiger partial charge in [-0.15, -0.1) is 0 Å². The fourth-order valence-electron chi connectivity index (χ4n) is 2.04. The molecule has 0 N–H and O–H groups in total. The maximum absolute atomic E-state index is 11.6. The van der Waals surface area contributed by atoms with Crippen LogP contribution in [0.4, 0.5) is 0 Å². The van der Waals surface area contributed by atoms with Gasteiger partial charge in [-0.1, -0.05) is 30.3 Å². The van der Waals surface area contributed by atoms with Gasteiger partial charge in [0.2, 0.25) is 0 Å². The molecule has 0 bridgehead atoms. The largest absolute Gasteiger partial charge is 0.375 e. The Morgan fingerprint density at radius 3 is 2.29 bits per heavy atom. The van der Waals surface area contributed by atoms with Crippen molar-refractivity contribution in [1.82, 2.24) is 0 Å². The summed E-state index contributed by atoms with van der Waals surface area (Å²) in [5, 5.41) is 0. The Bertz CT molecular complexity index is 406. The van der Waals surface area contributed by atoms with Crippen LogP contribution < -0.4 is 0 Å². The Balaban J connectivity index is 1.90. The monoisotopic (exact) mass is 232 g/mol. The van der Waals surface area contributed by atoms with Crippen LogP contribution in [0.1, 0.15) is 25.3 Å². The number of ether oxygens (including phenoxy) is 1. The van der Waals surface area contributed by atoms with Crippen LogP contribution in [0.2, 0.25) is 0 Å². The molecular formula is C14H16O3. The first kappa shape index (κ1) is 12.0. The van der Waals surface area contributed by atoms with Crippen molar-refractivity contribution in [2.24, 2.45) is 5.41 Å². The van der Waals surface area contributed by atoms with Crippen molar-refractivity contribution in [3.05, 3.63) is 35.9 Å². The summed E-state index contributed by atoms with van der Waals surface area (Å²) in [7, 11) is 0. The number of hydrogen-bond donors (Lipinski definition) is 0. The van der Waals surface area contributed by atoms with Crippen LogP contribution in [-0.2, 0) is 20.9 Å². The molecule has 0 atom stereocenters. The highest BCUT2D eigenvalue weighted by Gasteiger charge is 2.45. The zero-order valence-electron chi connectivity index (χ0n) is 9.94. The van der Waals surface area contributed by atoms with E-state index in [1.165, 1.54) is 0 Å². The summed E-state index contributed by atoms with van der Waals surface area (Å²) < 4.78 is 5.51. The van der Waals surface area contributed by atoms with Crippen molar-refractivity contribution >= 4 is 11.6 Å². The molecule has 0 radical (unpaired) electrons. The maximum atomic E-state index is 11.6. The zero-order valence-corrected chi connectivity index (χ0v) is 9.94. The molecule has 0 heterocycles. The second-order valence-corrected chi connectivity index (χ2v) is 4.66. The molecule has 0 saturated heterocycles. The molecule has 1 aliphatic carbocycles. The summed E-state index contributed by atoms with van der Waals surface area (Å²) in [4.78, 5) is 23.3. The lowest BCUT2D eigenvalue weighted by atomic mass is 9.88. The van der Waals surface area contributed by atoms with Gasteiger partial charge in [-0.2, -0.15) is 0 Å². The molecule has 3 nitrogen and oxygen atoms in total. The number of hydrogen-bond acceptors (Lipinski definition) is 3. The van der Waals surface area contributed by atoms with Gasteiger partial charge in [0.15, 0.2) is 0 Å². The molecule has 0 aliphatic heterocycles. The second kappa shape index (κ2) is 4.80. The van der Waals surface area contributed by atoms with E-state index in [1.54, 1.807) is 6.92 Å². The van der Waals surface area contributed by atoms with Crippen molar-refractivity contribution in [2.45, 2.75) is 26.4 Å². The Labute approximate surface area is 101 Å². The van der Waals surface area contributed by atoms with Gasteiger partial charge in [-0.05, 0) is 12.5 Å². The summed E-state index contributed by atoms with van der Waals surface area (Å²) in [6, 6.07) is 9.73. The van der Waals surface area contributed by atoms with Crippen molar-refractivity contribution in [2.75, 3.05) is 6.61 Å². The first-order valence-electron chi connectivity index (χ1n) is 5.81. The Hall–Kier alpha value is -1.48. The van der Waals surface area contributed by atoms with E-state index in [0.717, 1.165) is 5.56 Å². The number of Topliss-reactive ketones (excluding diaryl/α,β-unsaturated/α-hetero) is 2. The molecule has 1 aromatic carbocycles. The highest BCUT2D eigenvalue weighted by Crippen LogP contribution is 2.31. The lowest BCUT2D eigenvalue weighted by molar-refractivity contribution is -0.138. The molecule has 1 saturated carbocycles. The fourth-order valence-corrected chi connectivity index (χ4v) is 2.04. The molecule has 2 rings (SSSR count). The molecule has 1 aromatic rings. The van der Waals surface area contributed by atoms with Crippen LogP contribution in [0.3, 0.4) is 0 Å². The van der Waals surface area contributed by atoms with E-state index in [2.05, 4.69) is 0 Å². The number of rotatable bonds is 4. The zero-order chi connectivity index (χ0) is 12.3. The third-order valence-corrected chi connectivity index (χ3v) is 3.31. The van der Waals surface area contributed by atoms with E-state index in [0.29, 0.717) is 19.4 Å². The van der Waals surface area contributed by atoms with Gasteiger partial charge in [0.25, 0.3) is 0 Å². The lowest BCUT2D eigenvalue weighted by Crippen LogP contribution is -2.34. The molecule has 0 spiro atoms. The highest BCUT2D eigenvalue weighted by atomic mass is 16.5. The minimum absolute atomic E-state index is 0.00978. The molecular weight excluding hydrogens is 216 g/mol. The molecule has 1 aliphatic rings. The van der Waals surface area contributed by atoms with Crippen LogP contribution in [0.15, 0.2) is 30.3 Å². The van der Waals surface area contributed by atoms with E-state index in [-0.39, 0.29) is 18.2 Å². The van der Waals surface area contributed by atoms with Gasteiger partial charge in [-0.3, -0.25) is 9.59 Å². The average molecular weight is 232 g/mol. The molecule has 0 amide bonds. The molecule has 1 fully saturated rings. The normalized spacial score (nSPS) is 18.6. The quantitative estimate of drug-likeness (QED) is 0.747. The Morgan fingerprint density at radius 2 is 1.71 bits per heavy atom. The fraction of sp³-hybridized carbons (Fsp3) is 0.429. The predicted octanol–water partition coefficient (Wildman–Crippen LogP) is 2.14. The predicted molar refractivity (Wildman–Crippen MR) is 63.5 cm³/mol. The molecule has 0 aromatic heterocycles. The van der Waals surface area contributed by atoms with Crippen LogP contribution in [-0.4, -0.2) is 18.2 Å². The van der Waals surface area contributed by atoms with Gasteiger partial charge >= 0.3 is 0 Å². The SMILES string of the molecule is CC1(COCc2ccccc2)C(=O)CCC1=O. The van der Waals surface area contributed by atoms with Crippen LogP contribution in [0.5, 0.6) is 0 Å². The van der Waals surface area contributed by atoms with E-state index >= 15 is 0 Å². The summed E-state index contributed by atoms with van der Waals surface area (Å²) in [6.45, 7) is 2.33. The number of carbonyl (C=O) groups excluding carboxylic acids is 2. The van der Waals surface area contributed by atoms with Crippen LogP contribution >= 0.6 is 0 Å². The van der Waals surface area contributed by atoms with Crippen molar-refractivity contribution in [1.29, 1.82) is 0 Å². The van der Waals surface area contributed by atoms with Gasteiger partial charge in [0.1, 0.15) is 17.0 Å². The van der Waals surface area contributed by atoms with Gasteiger partial charge in [-0.25, -0.2) is 0 Å². The van der Waals surface area contributed by atoms with Crippen molar-refractivity contribution < 1.29 is 14.3 Å². The van der Waals surface area contributed by atoms with E-state index in [4.69, 9.17) is 4.74 Å². The van der Waals surface area contributed by atoms with Gasteiger partial charge in [0.05, 0.1) is 13.2 Å². The molecule has 0 unspecified atom stereocenters. The van der Waals surface area contributed by atoms with Crippen LogP contribution in [0.25, 0.3) is 0 Å². The maximum Gasteiger partial charge on any atom is 0.148 e. The summed E-state index contributed by atoms with van der Waals surface area (Å²) in [6.07, 6.45) is 0.730. The standard InChI is InChI=1S/C14H16O3/c1-14(12(15)7-8-13(14)16)10-17-9-11-5-3-2-4-6-11/h2-6H,7-10H2,1H3. The van der Waals surface area contributed by atoms with E-state index < -0.39 is 5.41 Å². The molecule has 90 valence electrons. The lowest BCUT2D eigenvalue weighted by Gasteiger charge is -2.19. The van der Waals surface area contributed by atoms with E-state index in [9.17, 15) is 9.59 Å². The summed E-state index contributed by atoms with van der Waals surface area (Å²) in [5.74, 6) is 0.0196. The average Bonchev–Trinajstić information content (AvgIpc) is 2.59. The third-order valence-electron chi connectivity index (χ3n) is 3.31. The van der Waals surface area contributed by atoms with Crippen molar-refractivity contribution in [3.63, 3.8) is 0 Å². The number of ketones is 2. The summed E-state index contributed by atoms with van der Waals surface area (Å²) in [5.41, 5.74) is 0.142. The second-order valence-electron chi connectivity index (χ2n) is 4.66. The topological polar surface area (TPSA) is 43.4 Å². The smallest absolute Gasteiger partial charge is 0.148 e. The third kappa shape index (κ3) is 2.44. The van der Waals surface area contributed by atoms with Crippen molar-refractivity contribution in [3.8, 4) is 0 Å². The van der Waals surface area contributed by atoms with E-state index in [1.807, 2.05) is 30.3 Å². The van der Waals surface area contributed by atoms with Crippen LogP contribution in [0, 0.1) is 5.41 Å². The first-order chi connectivity index (χ1) is 8.13. The number of carbonyl (C=O) groups is 2. The Morgan fingerprint density at radius 1 is 1.12 bits per heavy atom. The first-order valence-corrected chi connectivity index (χ1v) is 5.81. The number of benzene rings is 1. The van der Waals surface area contributed by atoms with Gasteiger partial charge < -0.3 is 4.74 Å². The highest BCUT2D eigenvalue weighted by molar-refractivity contribution is 6.12. The summed E-state index contributed by atoms with van der Waals surface area (Å²) >= 11 is 0. The molecule has 17 heavy (non-hydrogen) atoms. The molecule has 3 heteroatoms. The Kier molecular flexibility index (Phi) is 3.38. The minimum Gasteiger partial charge on any atom is -0.375 e.